The highest BCUT2D eigenvalue weighted by Crippen LogP contribution is 2.32. The molecule has 0 aromatic carbocycles. The normalized spacial score (nSPS) is 23.3. The fourth-order valence-corrected chi connectivity index (χ4v) is 2.86. The molecule has 0 aromatic heterocycles. The molecule has 1 rings (SSSR count). The van der Waals surface area contributed by atoms with Gasteiger partial charge in [0.05, 0.1) is 0 Å². The average molecular weight is 240 g/mol. The molecule has 0 bridgehead atoms. The third-order valence-corrected chi connectivity index (χ3v) is 3.98. The second-order valence-corrected chi connectivity index (χ2v) is 7.55. The third-order valence-electron chi connectivity index (χ3n) is 3.98. The van der Waals surface area contributed by atoms with E-state index in [0.29, 0.717) is 17.5 Å². The van der Waals surface area contributed by atoms with Crippen LogP contribution in [-0.2, 0) is 0 Å². The molecule has 2 nitrogen and oxygen atoms in total. The van der Waals surface area contributed by atoms with Gasteiger partial charge in [0.1, 0.15) is 0 Å². The summed E-state index contributed by atoms with van der Waals surface area (Å²) in [4.78, 5) is 2.72. The van der Waals surface area contributed by atoms with Gasteiger partial charge in [-0.1, -0.05) is 13.8 Å². The molecule has 1 heterocycles. The predicted molar refractivity (Wildman–Crippen MR) is 76.4 cm³/mol. The fourth-order valence-electron chi connectivity index (χ4n) is 2.86. The zero-order chi connectivity index (χ0) is 13.3. The minimum Gasteiger partial charge on any atom is -0.311 e. The van der Waals surface area contributed by atoms with Gasteiger partial charge >= 0.3 is 0 Å². The molecule has 1 N–H and O–H groups in total. The molecule has 17 heavy (non-hydrogen) atoms. The highest BCUT2D eigenvalue weighted by molar-refractivity contribution is 4.94. The Kier molecular flexibility index (Phi) is 4.65. The van der Waals surface area contributed by atoms with Crippen molar-refractivity contribution in [2.24, 2.45) is 5.92 Å². The summed E-state index contributed by atoms with van der Waals surface area (Å²) in [6.07, 6.45) is 2.69. The van der Waals surface area contributed by atoms with E-state index in [-0.39, 0.29) is 5.54 Å². The van der Waals surface area contributed by atoms with Crippen LogP contribution in [0.15, 0.2) is 0 Å². The molecule has 1 saturated heterocycles. The number of hydrogen-bond acceptors (Lipinski definition) is 2. The molecule has 0 spiro atoms. The monoisotopic (exact) mass is 240 g/mol. The van der Waals surface area contributed by atoms with Crippen molar-refractivity contribution in [2.75, 3.05) is 13.1 Å². The van der Waals surface area contributed by atoms with Gasteiger partial charge in [0, 0.05) is 23.7 Å². The maximum Gasteiger partial charge on any atom is 0.0249 e. The van der Waals surface area contributed by atoms with Crippen molar-refractivity contribution >= 4 is 0 Å². The van der Waals surface area contributed by atoms with Gasteiger partial charge in [0.15, 0.2) is 0 Å². The zero-order valence-electron chi connectivity index (χ0n) is 12.9. The Hall–Kier alpha value is -0.0800. The Balaban J connectivity index is 2.66. The Bertz CT molecular complexity index is 238. The molecule has 0 amide bonds. The van der Waals surface area contributed by atoms with E-state index in [4.69, 9.17) is 0 Å². The van der Waals surface area contributed by atoms with Crippen molar-refractivity contribution in [3.63, 3.8) is 0 Å². The summed E-state index contributed by atoms with van der Waals surface area (Å²) in [5.74, 6) is 0.710. The zero-order valence-corrected chi connectivity index (χ0v) is 12.9. The molecule has 102 valence electrons. The second kappa shape index (κ2) is 5.27. The van der Waals surface area contributed by atoms with Crippen LogP contribution in [0.2, 0.25) is 0 Å². The molecule has 0 aromatic rings. The van der Waals surface area contributed by atoms with Crippen LogP contribution < -0.4 is 5.32 Å². The van der Waals surface area contributed by atoms with Crippen LogP contribution in [-0.4, -0.2) is 35.1 Å². The summed E-state index contributed by atoms with van der Waals surface area (Å²) >= 11 is 0. The lowest BCUT2D eigenvalue weighted by atomic mass is 9.95. The summed E-state index contributed by atoms with van der Waals surface area (Å²) in [6.45, 7) is 18.6. The van der Waals surface area contributed by atoms with Crippen molar-refractivity contribution in [1.29, 1.82) is 0 Å². The first-order valence-electron chi connectivity index (χ1n) is 7.15. The number of likely N-dealkylation sites (tertiary alicyclic amines) is 1. The lowest BCUT2D eigenvalue weighted by Crippen LogP contribution is -2.54. The van der Waals surface area contributed by atoms with Crippen LogP contribution in [0.3, 0.4) is 0 Å². The van der Waals surface area contributed by atoms with Crippen molar-refractivity contribution in [2.45, 2.75) is 78.4 Å². The lowest BCUT2D eigenvalue weighted by molar-refractivity contribution is 0.0809. The molecular weight excluding hydrogens is 208 g/mol. The molecule has 0 aliphatic carbocycles. The van der Waals surface area contributed by atoms with Crippen LogP contribution in [0.5, 0.6) is 0 Å². The van der Waals surface area contributed by atoms with Gasteiger partial charge in [-0.05, 0) is 59.9 Å². The van der Waals surface area contributed by atoms with Crippen LogP contribution in [0.1, 0.15) is 61.3 Å². The van der Waals surface area contributed by atoms with Crippen molar-refractivity contribution in [3.8, 4) is 0 Å². The van der Waals surface area contributed by atoms with E-state index in [1.807, 2.05) is 0 Å². The number of nitrogens with zero attached hydrogens (tertiary/aromatic N) is 1. The topological polar surface area (TPSA) is 15.3 Å². The molecule has 1 aliphatic rings. The first-order chi connectivity index (χ1) is 7.63. The quantitative estimate of drug-likeness (QED) is 0.811. The Morgan fingerprint density at radius 3 is 2.18 bits per heavy atom. The minimum atomic E-state index is 0.219. The van der Waals surface area contributed by atoms with Crippen molar-refractivity contribution in [1.82, 2.24) is 10.2 Å². The van der Waals surface area contributed by atoms with Crippen LogP contribution >= 0.6 is 0 Å². The maximum atomic E-state index is 3.68. The smallest absolute Gasteiger partial charge is 0.0249 e. The van der Waals surface area contributed by atoms with Crippen molar-refractivity contribution in [3.05, 3.63) is 0 Å². The number of hydrogen-bond donors (Lipinski definition) is 1. The first-order valence-corrected chi connectivity index (χ1v) is 7.15. The van der Waals surface area contributed by atoms with Gasteiger partial charge in [-0.3, -0.25) is 4.90 Å². The Morgan fingerprint density at radius 2 is 1.82 bits per heavy atom. The fraction of sp³-hybridized carbons (Fsp3) is 1.00. The van der Waals surface area contributed by atoms with Crippen LogP contribution in [0.4, 0.5) is 0 Å². The number of rotatable bonds is 4. The van der Waals surface area contributed by atoms with Crippen LogP contribution in [0.25, 0.3) is 0 Å². The summed E-state index contributed by atoms with van der Waals surface area (Å²) in [5.41, 5.74) is 0.603. The van der Waals surface area contributed by atoms with Gasteiger partial charge in [-0.2, -0.15) is 0 Å². The van der Waals surface area contributed by atoms with E-state index < -0.39 is 0 Å². The average Bonchev–Trinajstić information content (AvgIpc) is 2.44. The van der Waals surface area contributed by atoms with E-state index in [0.717, 1.165) is 6.54 Å². The Labute approximate surface area is 108 Å². The van der Waals surface area contributed by atoms with Gasteiger partial charge in [-0.25, -0.2) is 0 Å². The highest BCUT2D eigenvalue weighted by Gasteiger charge is 2.37. The third kappa shape index (κ3) is 4.26. The molecular formula is C15H32N2. The minimum absolute atomic E-state index is 0.219. The lowest BCUT2D eigenvalue weighted by Gasteiger charge is -2.42. The van der Waals surface area contributed by atoms with Crippen LogP contribution in [0, 0.1) is 5.92 Å². The van der Waals surface area contributed by atoms with Gasteiger partial charge in [-0.15, -0.1) is 0 Å². The predicted octanol–water partition coefficient (Wildman–Crippen LogP) is 3.27. The summed E-state index contributed by atoms with van der Waals surface area (Å²) in [7, 11) is 0. The van der Waals surface area contributed by atoms with E-state index in [1.165, 1.54) is 19.4 Å². The molecule has 2 heteroatoms. The molecule has 1 aliphatic heterocycles. The molecule has 0 saturated carbocycles. The summed E-state index contributed by atoms with van der Waals surface area (Å²) in [6, 6.07) is 0.659. The molecule has 1 atom stereocenters. The van der Waals surface area contributed by atoms with Gasteiger partial charge in [0.2, 0.25) is 0 Å². The van der Waals surface area contributed by atoms with E-state index in [1.54, 1.807) is 0 Å². The van der Waals surface area contributed by atoms with Crippen molar-refractivity contribution < 1.29 is 0 Å². The van der Waals surface area contributed by atoms with Gasteiger partial charge < -0.3 is 5.32 Å². The summed E-state index contributed by atoms with van der Waals surface area (Å²) in [5, 5.41) is 3.68. The second-order valence-electron chi connectivity index (χ2n) is 7.55. The van der Waals surface area contributed by atoms with Gasteiger partial charge in [0.25, 0.3) is 0 Å². The van der Waals surface area contributed by atoms with E-state index in [9.17, 15) is 0 Å². The molecule has 1 fully saturated rings. The first kappa shape index (κ1) is 15.0. The maximum absolute atomic E-state index is 3.68. The van der Waals surface area contributed by atoms with E-state index in [2.05, 4.69) is 58.7 Å². The van der Waals surface area contributed by atoms with E-state index >= 15 is 0 Å². The number of nitrogens with one attached hydrogen (secondary N) is 1. The Morgan fingerprint density at radius 1 is 1.24 bits per heavy atom. The molecule has 1 unspecified atom stereocenters. The largest absolute Gasteiger partial charge is 0.311 e. The SMILES string of the molecule is CC(C)C(CNC(C)(C)C)N1CCCC1(C)C. The standard InChI is InChI=1S/C15H32N2/c1-12(2)13(11-16-14(3,4)5)17-10-8-9-15(17,6)7/h12-13,16H,8-11H2,1-7H3. The molecule has 0 radical (unpaired) electrons. The highest BCUT2D eigenvalue weighted by atomic mass is 15.3. The summed E-state index contributed by atoms with van der Waals surface area (Å²) < 4.78 is 0.